The average molecular weight is 352 g/mol. The minimum atomic E-state index is -3.78. The summed E-state index contributed by atoms with van der Waals surface area (Å²) < 4.78 is 41.6. The highest BCUT2D eigenvalue weighted by molar-refractivity contribution is 7.89. The van der Waals surface area contributed by atoms with E-state index in [0.29, 0.717) is 5.69 Å². The van der Waals surface area contributed by atoms with E-state index in [1.54, 1.807) is 16.9 Å². The number of halogens is 1. The molecule has 0 spiro atoms. The van der Waals surface area contributed by atoms with Gasteiger partial charge in [0, 0.05) is 19.8 Å². The molecule has 1 amide bonds. The summed E-state index contributed by atoms with van der Waals surface area (Å²) in [7, 11) is -2.25. The molecule has 1 aliphatic heterocycles. The maximum absolute atomic E-state index is 13.1. The molecular weight excluding hydrogens is 335 g/mol. The van der Waals surface area contributed by atoms with Crippen molar-refractivity contribution in [1.82, 2.24) is 19.4 Å². The third-order valence-corrected chi connectivity index (χ3v) is 5.83. The fourth-order valence-electron chi connectivity index (χ4n) is 2.76. The second-order valence-corrected chi connectivity index (χ2v) is 7.49. The zero-order valence-electron chi connectivity index (χ0n) is 13.0. The summed E-state index contributed by atoms with van der Waals surface area (Å²) in [6.45, 7) is 0.283. The Morgan fingerprint density at radius 3 is 2.71 bits per heavy atom. The molecule has 24 heavy (non-hydrogen) atoms. The van der Waals surface area contributed by atoms with Gasteiger partial charge in [-0.05, 0) is 30.3 Å². The summed E-state index contributed by atoms with van der Waals surface area (Å²) >= 11 is 0. The van der Waals surface area contributed by atoms with Crippen molar-refractivity contribution in [1.29, 1.82) is 0 Å². The fourth-order valence-corrected chi connectivity index (χ4v) is 4.21. The van der Waals surface area contributed by atoms with Gasteiger partial charge in [-0.15, -0.1) is 0 Å². The quantitative estimate of drug-likeness (QED) is 0.886. The number of hydrogen-bond donors (Lipinski definition) is 1. The van der Waals surface area contributed by atoms with Crippen molar-refractivity contribution in [3.05, 3.63) is 48.0 Å². The highest BCUT2D eigenvalue weighted by Crippen LogP contribution is 2.28. The Bertz CT molecular complexity index is 848. The Hall–Kier alpha value is -2.26. The number of sulfonamides is 1. The summed E-state index contributed by atoms with van der Waals surface area (Å²) in [5, 5.41) is 6.73. The lowest BCUT2D eigenvalue weighted by molar-refractivity contribution is -0.121. The fraction of sp³-hybridized carbons (Fsp3) is 0.333. The van der Waals surface area contributed by atoms with Gasteiger partial charge in [-0.25, -0.2) is 12.8 Å². The summed E-state index contributed by atoms with van der Waals surface area (Å²) in [5.41, 5.74) is 0.709. The Labute approximate surface area is 139 Å². The van der Waals surface area contributed by atoms with E-state index in [-0.39, 0.29) is 36.4 Å². The van der Waals surface area contributed by atoms with E-state index >= 15 is 0 Å². The standard InChI is InChI=1S/C15H17FN4O3S/c1-17-15(21)8-13-10-19(9-12-6-7-18-20(12)13)24(22,23)14-4-2-11(16)3-5-14/h2-7,13H,8-10H2,1H3,(H,17,21)/t13-/m0/s1. The van der Waals surface area contributed by atoms with Crippen molar-refractivity contribution in [2.75, 3.05) is 13.6 Å². The SMILES string of the molecule is CNC(=O)C[C@H]1CN(S(=O)(=O)c2ccc(F)cc2)Cc2ccnn21. The molecule has 1 aliphatic rings. The highest BCUT2D eigenvalue weighted by Gasteiger charge is 2.34. The molecule has 1 aromatic carbocycles. The van der Waals surface area contributed by atoms with Crippen LogP contribution < -0.4 is 5.32 Å². The first-order chi connectivity index (χ1) is 11.4. The van der Waals surface area contributed by atoms with E-state index in [1.165, 1.54) is 23.5 Å². The first-order valence-corrected chi connectivity index (χ1v) is 8.84. The van der Waals surface area contributed by atoms with Crippen LogP contribution in [0.5, 0.6) is 0 Å². The molecule has 0 saturated heterocycles. The van der Waals surface area contributed by atoms with Crippen LogP contribution in [-0.4, -0.2) is 42.0 Å². The number of carbonyl (C=O) groups is 1. The van der Waals surface area contributed by atoms with Gasteiger partial charge in [0.25, 0.3) is 0 Å². The second-order valence-electron chi connectivity index (χ2n) is 5.55. The normalized spacial score (nSPS) is 18.2. The van der Waals surface area contributed by atoms with Crippen molar-refractivity contribution < 1.29 is 17.6 Å². The number of amides is 1. The monoisotopic (exact) mass is 352 g/mol. The van der Waals surface area contributed by atoms with E-state index in [1.807, 2.05) is 0 Å². The molecule has 1 atom stereocenters. The lowest BCUT2D eigenvalue weighted by atomic mass is 10.1. The maximum atomic E-state index is 13.1. The smallest absolute Gasteiger partial charge is 0.243 e. The largest absolute Gasteiger partial charge is 0.359 e. The maximum Gasteiger partial charge on any atom is 0.243 e. The van der Waals surface area contributed by atoms with E-state index in [4.69, 9.17) is 0 Å². The van der Waals surface area contributed by atoms with Gasteiger partial charge in [0.1, 0.15) is 5.82 Å². The molecule has 2 aromatic rings. The van der Waals surface area contributed by atoms with Crippen LogP contribution in [0.4, 0.5) is 4.39 Å². The van der Waals surface area contributed by atoms with Crippen molar-refractivity contribution in [3.8, 4) is 0 Å². The molecule has 7 nitrogen and oxygen atoms in total. The molecule has 1 aromatic heterocycles. The first-order valence-electron chi connectivity index (χ1n) is 7.40. The predicted octanol–water partition coefficient (Wildman–Crippen LogP) is 0.904. The molecule has 128 valence electrons. The van der Waals surface area contributed by atoms with Gasteiger partial charge >= 0.3 is 0 Å². The van der Waals surface area contributed by atoms with Gasteiger partial charge in [0.05, 0.1) is 29.6 Å². The Morgan fingerprint density at radius 2 is 2.04 bits per heavy atom. The van der Waals surface area contributed by atoms with Gasteiger partial charge in [-0.2, -0.15) is 9.40 Å². The predicted molar refractivity (Wildman–Crippen MR) is 83.9 cm³/mol. The Balaban J connectivity index is 1.92. The number of rotatable bonds is 4. The molecule has 2 heterocycles. The Morgan fingerprint density at radius 1 is 1.33 bits per heavy atom. The van der Waals surface area contributed by atoms with Gasteiger partial charge in [-0.3, -0.25) is 9.48 Å². The molecular formula is C15H17FN4O3S. The number of carbonyl (C=O) groups excluding carboxylic acids is 1. The van der Waals surface area contributed by atoms with E-state index in [9.17, 15) is 17.6 Å². The molecule has 1 N–H and O–H groups in total. The lowest BCUT2D eigenvalue weighted by Gasteiger charge is -2.32. The summed E-state index contributed by atoms with van der Waals surface area (Å²) in [5.74, 6) is -0.689. The minimum Gasteiger partial charge on any atom is -0.359 e. The lowest BCUT2D eigenvalue weighted by Crippen LogP contribution is -2.42. The van der Waals surface area contributed by atoms with E-state index in [2.05, 4.69) is 10.4 Å². The van der Waals surface area contributed by atoms with Crippen LogP contribution in [0.15, 0.2) is 41.4 Å². The third-order valence-electron chi connectivity index (χ3n) is 4.00. The average Bonchev–Trinajstić information content (AvgIpc) is 3.04. The molecule has 9 heteroatoms. The van der Waals surface area contributed by atoms with E-state index in [0.717, 1.165) is 12.1 Å². The summed E-state index contributed by atoms with van der Waals surface area (Å²) in [6.07, 6.45) is 1.71. The Kier molecular flexibility index (Phi) is 4.37. The van der Waals surface area contributed by atoms with Gasteiger partial charge in [0.2, 0.25) is 15.9 Å². The van der Waals surface area contributed by atoms with Crippen LogP contribution >= 0.6 is 0 Å². The van der Waals surface area contributed by atoms with Gasteiger partial charge in [0.15, 0.2) is 0 Å². The minimum absolute atomic E-state index is 0.0237. The number of hydrogen-bond acceptors (Lipinski definition) is 4. The second kappa shape index (κ2) is 6.33. The highest BCUT2D eigenvalue weighted by atomic mass is 32.2. The molecule has 0 unspecified atom stereocenters. The van der Waals surface area contributed by atoms with Crippen LogP contribution in [0.2, 0.25) is 0 Å². The van der Waals surface area contributed by atoms with Crippen molar-refractivity contribution in [2.45, 2.75) is 23.9 Å². The number of nitrogens with one attached hydrogen (secondary N) is 1. The van der Waals surface area contributed by atoms with Crippen LogP contribution in [0.1, 0.15) is 18.2 Å². The van der Waals surface area contributed by atoms with Crippen molar-refractivity contribution in [3.63, 3.8) is 0 Å². The van der Waals surface area contributed by atoms with Crippen LogP contribution in [0, 0.1) is 5.82 Å². The molecule has 0 bridgehead atoms. The molecule has 0 radical (unpaired) electrons. The van der Waals surface area contributed by atoms with Crippen LogP contribution in [-0.2, 0) is 21.4 Å². The molecule has 0 saturated carbocycles. The van der Waals surface area contributed by atoms with Crippen LogP contribution in [0.25, 0.3) is 0 Å². The van der Waals surface area contributed by atoms with Crippen LogP contribution in [0.3, 0.4) is 0 Å². The first kappa shape index (κ1) is 16.6. The van der Waals surface area contributed by atoms with Crippen molar-refractivity contribution in [2.24, 2.45) is 0 Å². The zero-order chi connectivity index (χ0) is 17.3. The number of aromatic nitrogens is 2. The topological polar surface area (TPSA) is 84.3 Å². The number of nitrogens with zero attached hydrogens (tertiary/aromatic N) is 3. The molecule has 3 rings (SSSR count). The number of fused-ring (bicyclic) bond motifs is 1. The van der Waals surface area contributed by atoms with Gasteiger partial charge in [-0.1, -0.05) is 0 Å². The van der Waals surface area contributed by atoms with Crippen molar-refractivity contribution >= 4 is 15.9 Å². The summed E-state index contributed by atoms with van der Waals surface area (Å²) in [4.78, 5) is 11.7. The molecule has 0 aliphatic carbocycles. The van der Waals surface area contributed by atoms with Gasteiger partial charge < -0.3 is 5.32 Å². The molecule has 0 fully saturated rings. The summed E-state index contributed by atoms with van der Waals surface area (Å²) in [6, 6.07) is 6.04. The zero-order valence-corrected chi connectivity index (χ0v) is 13.8. The number of benzene rings is 1. The third kappa shape index (κ3) is 3.04. The van der Waals surface area contributed by atoms with E-state index < -0.39 is 15.8 Å².